The van der Waals surface area contributed by atoms with Gasteiger partial charge in [0, 0.05) is 11.8 Å². The van der Waals surface area contributed by atoms with Crippen molar-refractivity contribution in [2.75, 3.05) is 11.5 Å². The van der Waals surface area contributed by atoms with E-state index in [1.54, 1.807) is 11.8 Å². The van der Waals surface area contributed by atoms with Crippen molar-refractivity contribution in [1.82, 2.24) is 5.32 Å². The Balaban J connectivity index is 2.50. The average molecular weight is 189 g/mol. The van der Waals surface area contributed by atoms with Crippen molar-refractivity contribution >= 4 is 17.7 Å². The lowest BCUT2D eigenvalue weighted by Crippen LogP contribution is -2.49. The Labute approximate surface area is 76.9 Å². The number of aliphatic hydroxyl groups is 1. The van der Waals surface area contributed by atoms with Crippen LogP contribution in [0.15, 0.2) is 0 Å². The smallest absolute Gasteiger partial charge is 0.253 e. The van der Waals surface area contributed by atoms with Gasteiger partial charge in [0.2, 0.25) is 0 Å². The molecule has 3 nitrogen and oxygen atoms in total. The summed E-state index contributed by atoms with van der Waals surface area (Å²) in [5, 5.41) is 12.5. The first-order valence-electron chi connectivity index (χ1n) is 4.16. The summed E-state index contributed by atoms with van der Waals surface area (Å²) in [6.45, 7) is 3.78. The summed E-state index contributed by atoms with van der Waals surface area (Å²) in [5.74, 6) is 1.19. The van der Waals surface area contributed by atoms with E-state index in [1.807, 2.05) is 13.8 Å². The highest BCUT2D eigenvalue weighted by atomic mass is 32.2. The zero-order chi connectivity index (χ0) is 9.19. The highest BCUT2D eigenvalue weighted by Crippen LogP contribution is 2.27. The second-order valence-corrected chi connectivity index (χ2v) is 4.57. The molecule has 0 aromatic rings. The lowest BCUT2D eigenvalue weighted by molar-refractivity contribution is -0.137. The van der Waals surface area contributed by atoms with E-state index in [0.29, 0.717) is 12.2 Å². The van der Waals surface area contributed by atoms with E-state index in [0.717, 1.165) is 5.75 Å². The Morgan fingerprint density at radius 1 is 1.67 bits per heavy atom. The van der Waals surface area contributed by atoms with Crippen LogP contribution in [0, 0.1) is 0 Å². The fourth-order valence-electron chi connectivity index (χ4n) is 1.13. The molecule has 0 aliphatic carbocycles. The van der Waals surface area contributed by atoms with Gasteiger partial charge in [0.1, 0.15) is 0 Å². The molecule has 1 heterocycles. The van der Waals surface area contributed by atoms with Crippen molar-refractivity contribution in [1.29, 1.82) is 0 Å². The van der Waals surface area contributed by atoms with Gasteiger partial charge in [-0.25, -0.2) is 0 Å². The van der Waals surface area contributed by atoms with E-state index in [4.69, 9.17) is 0 Å². The summed E-state index contributed by atoms with van der Waals surface area (Å²) >= 11 is 1.63. The van der Waals surface area contributed by atoms with Gasteiger partial charge >= 0.3 is 0 Å². The zero-order valence-corrected chi connectivity index (χ0v) is 8.28. The minimum Gasteiger partial charge on any atom is -0.379 e. The fourth-order valence-corrected chi connectivity index (χ4v) is 2.37. The molecule has 1 aliphatic rings. The van der Waals surface area contributed by atoms with E-state index in [9.17, 15) is 9.90 Å². The van der Waals surface area contributed by atoms with E-state index in [2.05, 4.69) is 5.32 Å². The van der Waals surface area contributed by atoms with Crippen LogP contribution in [0.1, 0.15) is 20.3 Å². The molecule has 0 radical (unpaired) electrons. The lowest BCUT2D eigenvalue weighted by Gasteiger charge is -2.21. The van der Waals surface area contributed by atoms with E-state index in [-0.39, 0.29) is 11.9 Å². The maximum absolute atomic E-state index is 11.4. The third-order valence-corrected chi connectivity index (χ3v) is 3.02. The normalized spacial score (nSPS) is 29.3. The van der Waals surface area contributed by atoms with Crippen molar-refractivity contribution in [3.63, 3.8) is 0 Å². The predicted octanol–water partition coefficient (Wildman–Crippen LogP) is 0.379. The summed E-state index contributed by atoms with van der Waals surface area (Å²) in [4.78, 5) is 11.4. The van der Waals surface area contributed by atoms with Crippen LogP contribution in [0.2, 0.25) is 0 Å². The summed E-state index contributed by atoms with van der Waals surface area (Å²) < 4.78 is 0. The van der Waals surface area contributed by atoms with Crippen LogP contribution in [0.3, 0.4) is 0 Å². The molecule has 0 bridgehead atoms. The SMILES string of the molecule is CC(C)NC(=O)C1(O)CCSC1. The highest BCUT2D eigenvalue weighted by Gasteiger charge is 2.39. The van der Waals surface area contributed by atoms with Crippen LogP contribution in [0.25, 0.3) is 0 Å². The molecule has 1 fully saturated rings. The van der Waals surface area contributed by atoms with Crippen LogP contribution in [-0.4, -0.2) is 34.2 Å². The molecule has 0 spiro atoms. The van der Waals surface area contributed by atoms with Crippen molar-refractivity contribution in [3.05, 3.63) is 0 Å². The number of nitrogens with one attached hydrogen (secondary N) is 1. The molecule has 1 atom stereocenters. The second-order valence-electron chi connectivity index (χ2n) is 3.46. The Bertz CT molecular complexity index is 176. The largest absolute Gasteiger partial charge is 0.379 e. The standard InChI is InChI=1S/C8H15NO2S/c1-6(2)9-7(10)8(11)3-4-12-5-8/h6,11H,3-5H2,1-2H3,(H,9,10). The van der Waals surface area contributed by atoms with Crippen molar-refractivity contribution in [3.8, 4) is 0 Å². The first-order valence-corrected chi connectivity index (χ1v) is 5.31. The molecule has 1 amide bonds. The monoisotopic (exact) mass is 189 g/mol. The molecular weight excluding hydrogens is 174 g/mol. The van der Waals surface area contributed by atoms with E-state index < -0.39 is 5.60 Å². The number of hydrogen-bond acceptors (Lipinski definition) is 3. The van der Waals surface area contributed by atoms with Gasteiger partial charge in [0.05, 0.1) is 0 Å². The number of amides is 1. The average Bonchev–Trinajstić information content (AvgIpc) is 2.36. The first kappa shape index (κ1) is 9.86. The summed E-state index contributed by atoms with van der Waals surface area (Å²) in [5.41, 5.74) is -1.10. The van der Waals surface area contributed by atoms with Crippen LogP contribution in [0.4, 0.5) is 0 Å². The summed E-state index contributed by atoms with van der Waals surface area (Å²) in [6.07, 6.45) is 0.580. The van der Waals surface area contributed by atoms with Gasteiger partial charge in [0.15, 0.2) is 5.60 Å². The molecule has 2 N–H and O–H groups in total. The number of carbonyl (C=O) groups excluding carboxylic acids is 1. The Morgan fingerprint density at radius 3 is 2.75 bits per heavy atom. The molecule has 1 rings (SSSR count). The fraction of sp³-hybridized carbons (Fsp3) is 0.875. The molecule has 0 aromatic carbocycles. The topological polar surface area (TPSA) is 49.3 Å². The summed E-state index contributed by atoms with van der Waals surface area (Å²) in [7, 11) is 0. The van der Waals surface area contributed by atoms with Gasteiger partial charge in [-0.2, -0.15) is 11.8 Å². The van der Waals surface area contributed by atoms with E-state index in [1.165, 1.54) is 0 Å². The van der Waals surface area contributed by atoms with Gasteiger partial charge in [-0.05, 0) is 26.0 Å². The molecule has 1 saturated heterocycles. The van der Waals surface area contributed by atoms with Gasteiger partial charge in [0.25, 0.3) is 5.91 Å². The van der Waals surface area contributed by atoms with Crippen molar-refractivity contribution < 1.29 is 9.90 Å². The van der Waals surface area contributed by atoms with Gasteiger partial charge in [-0.15, -0.1) is 0 Å². The van der Waals surface area contributed by atoms with Crippen LogP contribution in [-0.2, 0) is 4.79 Å². The van der Waals surface area contributed by atoms with E-state index >= 15 is 0 Å². The minimum absolute atomic E-state index is 0.104. The zero-order valence-electron chi connectivity index (χ0n) is 7.46. The molecule has 0 aromatic heterocycles. The van der Waals surface area contributed by atoms with Gasteiger partial charge in [-0.3, -0.25) is 4.79 Å². The maximum Gasteiger partial charge on any atom is 0.253 e. The molecule has 1 aliphatic heterocycles. The molecule has 1 unspecified atom stereocenters. The van der Waals surface area contributed by atoms with Crippen molar-refractivity contribution in [2.24, 2.45) is 0 Å². The number of thioether (sulfide) groups is 1. The Hall–Kier alpha value is -0.220. The number of rotatable bonds is 2. The lowest BCUT2D eigenvalue weighted by atomic mass is 10.0. The first-order chi connectivity index (χ1) is 5.54. The molecule has 12 heavy (non-hydrogen) atoms. The predicted molar refractivity (Wildman–Crippen MR) is 50.2 cm³/mol. The quantitative estimate of drug-likeness (QED) is 0.660. The maximum atomic E-state index is 11.4. The van der Waals surface area contributed by atoms with Crippen LogP contribution < -0.4 is 5.32 Å². The third-order valence-electron chi connectivity index (χ3n) is 1.84. The van der Waals surface area contributed by atoms with Crippen LogP contribution >= 0.6 is 11.8 Å². The summed E-state index contributed by atoms with van der Waals surface area (Å²) in [6, 6.07) is 0.104. The molecular formula is C8H15NO2S. The molecule has 0 saturated carbocycles. The van der Waals surface area contributed by atoms with Gasteiger partial charge < -0.3 is 10.4 Å². The van der Waals surface area contributed by atoms with Crippen molar-refractivity contribution in [2.45, 2.75) is 31.9 Å². The second kappa shape index (κ2) is 3.66. The third kappa shape index (κ3) is 2.14. The highest BCUT2D eigenvalue weighted by molar-refractivity contribution is 7.99. The van der Waals surface area contributed by atoms with Crippen LogP contribution in [0.5, 0.6) is 0 Å². The molecule has 70 valence electrons. The Morgan fingerprint density at radius 2 is 2.33 bits per heavy atom. The number of hydrogen-bond donors (Lipinski definition) is 2. The minimum atomic E-state index is -1.10. The number of carbonyl (C=O) groups is 1. The Kier molecular flexibility index (Phi) is 3.01. The molecule has 4 heteroatoms. The van der Waals surface area contributed by atoms with Gasteiger partial charge in [-0.1, -0.05) is 0 Å².